The van der Waals surface area contributed by atoms with Crippen LogP contribution in [0.2, 0.25) is 0 Å². The van der Waals surface area contributed by atoms with Gasteiger partial charge in [0.05, 0.1) is 0 Å². The first-order chi connectivity index (χ1) is 5.24. The van der Waals surface area contributed by atoms with Crippen molar-refractivity contribution in [2.24, 2.45) is 5.92 Å². The summed E-state index contributed by atoms with van der Waals surface area (Å²) < 4.78 is 0. The Kier molecular flexibility index (Phi) is 2.65. The SMILES string of the molecule is CCC1C=CC(=O)NNC1C. The Bertz CT molecular complexity index is 177. The van der Waals surface area contributed by atoms with Gasteiger partial charge >= 0.3 is 0 Å². The van der Waals surface area contributed by atoms with Gasteiger partial charge in [-0.1, -0.05) is 13.0 Å². The van der Waals surface area contributed by atoms with E-state index in [1.54, 1.807) is 6.08 Å². The van der Waals surface area contributed by atoms with E-state index in [1.807, 2.05) is 6.08 Å². The number of hydrogen-bond acceptors (Lipinski definition) is 2. The molecule has 0 aromatic heterocycles. The van der Waals surface area contributed by atoms with E-state index in [1.165, 1.54) is 0 Å². The Morgan fingerprint density at radius 2 is 2.36 bits per heavy atom. The normalized spacial score (nSPS) is 31.3. The van der Waals surface area contributed by atoms with Gasteiger partial charge in [-0.15, -0.1) is 0 Å². The minimum absolute atomic E-state index is 0.0622. The molecule has 2 N–H and O–H groups in total. The number of carbonyl (C=O) groups is 1. The third-order valence-electron chi connectivity index (χ3n) is 2.03. The second-order valence-electron chi connectivity index (χ2n) is 2.85. The fourth-order valence-corrected chi connectivity index (χ4v) is 1.20. The Labute approximate surface area is 66.8 Å². The molecule has 0 radical (unpaired) electrons. The molecule has 0 aromatic carbocycles. The molecule has 3 heteroatoms. The van der Waals surface area contributed by atoms with E-state index in [0.717, 1.165) is 6.42 Å². The second kappa shape index (κ2) is 3.53. The van der Waals surface area contributed by atoms with Crippen molar-refractivity contribution in [2.45, 2.75) is 26.3 Å². The Hall–Kier alpha value is -0.830. The molecule has 0 saturated carbocycles. The van der Waals surface area contributed by atoms with Crippen LogP contribution >= 0.6 is 0 Å². The molecule has 1 rings (SSSR count). The van der Waals surface area contributed by atoms with Gasteiger partial charge in [0.25, 0.3) is 5.91 Å². The van der Waals surface area contributed by atoms with Crippen LogP contribution in [0.4, 0.5) is 0 Å². The zero-order valence-electron chi connectivity index (χ0n) is 6.92. The molecule has 1 aliphatic heterocycles. The van der Waals surface area contributed by atoms with Gasteiger partial charge in [-0.25, -0.2) is 5.43 Å². The van der Waals surface area contributed by atoms with Crippen LogP contribution < -0.4 is 10.9 Å². The lowest BCUT2D eigenvalue weighted by Crippen LogP contribution is -2.43. The van der Waals surface area contributed by atoms with E-state index in [0.29, 0.717) is 12.0 Å². The smallest absolute Gasteiger partial charge is 0.257 e. The van der Waals surface area contributed by atoms with Gasteiger partial charge in [0.15, 0.2) is 0 Å². The molecule has 1 heterocycles. The third-order valence-corrected chi connectivity index (χ3v) is 2.03. The second-order valence-corrected chi connectivity index (χ2v) is 2.85. The predicted molar refractivity (Wildman–Crippen MR) is 43.7 cm³/mol. The summed E-state index contributed by atoms with van der Waals surface area (Å²) >= 11 is 0. The van der Waals surface area contributed by atoms with Gasteiger partial charge in [0, 0.05) is 12.1 Å². The van der Waals surface area contributed by atoms with Crippen molar-refractivity contribution in [3.05, 3.63) is 12.2 Å². The number of hydrazine groups is 1. The van der Waals surface area contributed by atoms with Crippen LogP contribution in [0.3, 0.4) is 0 Å². The first-order valence-electron chi connectivity index (χ1n) is 3.97. The molecule has 0 aromatic rings. The van der Waals surface area contributed by atoms with E-state index in [4.69, 9.17) is 0 Å². The lowest BCUT2D eigenvalue weighted by molar-refractivity contribution is -0.117. The molecule has 3 nitrogen and oxygen atoms in total. The lowest BCUT2D eigenvalue weighted by atomic mass is 9.99. The van der Waals surface area contributed by atoms with Crippen molar-refractivity contribution >= 4 is 5.91 Å². The molecule has 0 fully saturated rings. The van der Waals surface area contributed by atoms with Gasteiger partial charge in [-0.2, -0.15) is 0 Å². The van der Waals surface area contributed by atoms with Crippen molar-refractivity contribution < 1.29 is 4.79 Å². The molecule has 1 aliphatic rings. The fraction of sp³-hybridized carbons (Fsp3) is 0.625. The molecule has 0 bridgehead atoms. The molecule has 0 spiro atoms. The zero-order valence-corrected chi connectivity index (χ0v) is 6.92. The average Bonchev–Trinajstić information content (AvgIpc) is 2.15. The molecule has 1 amide bonds. The molecule has 2 atom stereocenters. The molecular weight excluding hydrogens is 140 g/mol. The van der Waals surface area contributed by atoms with Crippen LogP contribution in [0, 0.1) is 5.92 Å². The number of hydrogen-bond donors (Lipinski definition) is 2. The molecule has 0 saturated heterocycles. The quantitative estimate of drug-likeness (QED) is 0.580. The first kappa shape index (κ1) is 8.27. The van der Waals surface area contributed by atoms with Crippen LogP contribution in [0.25, 0.3) is 0 Å². The summed E-state index contributed by atoms with van der Waals surface area (Å²) in [6.45, 7) is 4.17. The van der Waals surface area contributed by atoms with Gasteiger partial charge in [-0.05, 0) is 19.3 Å². The minimum Gasteiger partial charge on any atom is -0.288 e. The standard InChI is InChI=1S/C8H14N2O/c1-3-7-4-5-8(11)10-9-6(7)2/h4-7,9H,3H2,1-2H3,(H,10,11). The number of rotatable bonds is 1. The van der Waals surface area contributed by atoms with Crippen LogP contribution in [-0.4, -0.2) is 11.9 Å². The van der Waals surface area contributed by atoms with E-state index in [2.05, 4.69) is 24.7 Å². The van der Waals surface area contributed by atoms with Crippen LogP contribution in [0.15, 0.2) is 12.2 Å². The van der Waals surface area contributed by atoms with Crippen molar-refractivity contribution in [1.29, 1.82) is 0 Å². The Morgan fingerprint density at radius 1 is 1.64 bits per heavy atom. The number of carbonyl (C=O) groups excluding carboxylic acids is 1. The predicted octanol–water partition coefficient (Wildman–Crippen LogP) is 0.592. The monoisotopic (exact) mass is 154 g/mol. The highest BCUT2D eigenvalue weighted by atomic mass is 16.2. The summed E-state index contributed by atoms with van der Waals surface area (Å²) in [7, 11) is 0. The largest absolute Gasteiger partial charge is 0.288 e. The van der Waals surface area contributed by atoms with Crippen LogP contribution in [0.5, 0.6) is 0 Å². The van der Waals surface area contributed by atoms with Gasteiger partial charge in [0.2, 0.25) is 0 Å². The summed E-state index contributed by atoms with van der Waals surface area (Å²) in [5.41, 5.74) is 5.52. The highest BCUT2D eigenvalue weighted by molar-refractivity contribution is 5.87. The summed E-state index contributed by atoms with van der Waals surface area (Å²) in [6, 6.07) is 0.322. The zero-order chi connectivity index (χ0) is 8.27. The van der Waals surface area contributed by atoms with Gasteiger partial charge in [-0.3, -0.25) is 10.2 Å². The number of nitrogens with one attached hydrogen (secondary N) is 2. The van der Waals surface area contributed by atoms with Crippen molar-refractivity contribution in [3.63, 3.8) is 0 Å². The minimum atomic E-state index is -0.0622. The molecular formula is C8H14N2O. The summed E-state index contributed by atoms with van der Waals surface area (Å²) in [4.78, 5) is 10.8. The highest BCUT2D eigenvalue weighted by Gasteiger charge is 2.15. The Morgan fingerprint density at radius 3 is 3.00 bits per heavy atom. The van der Waals surface area contributed by atoms with E-state index >= 15 is 0 Å². The fourth-order valence-electron chi connectivity index (χ4n) is 1.20. The van der Waals surface area contributed by atoms with Crippen molar-refractivity contribution in [1.82, 2.24) is 10.9 Å². The molecule has 62 valence electrons. The third kappa shape index (κ3) is 2.05. The van der Waals surface area contributed by atoms with Crippen molar-refractivity contribution in [3.8, 4) is 0 Å². The molecule has 11 heavy (non-hydrogen) atoms. The van der Waals surface area contributed by atoms with E-state index < -0.39 is 0 Å². The number of amides is 1. The molecule has 0 aliphatic carbocycles. The van der Waals surface area contributed by atoms with Crippen LogP contribution in [0.1, 0.15) is 20.3 Å². The average molecular weight is 154 g/mol. The van der Waals surface area contributed by atoms with Crippen LogP contribution in [-0.2, 0) is 4.79 Å². The lowest BCUT2D eigenvalue weighted by Gasteiger charge is -2.17. The van der Waals surface area contributed by atoms with Gasteiger partial charge in [0.1, 0.15) is 0 Å². The van der Waals surface area contributed by atoms with E-state index in [9.17, 15) is 4.79 Å². The summed E-state index contributed by atoms with van der Waals surface area (Å²) in [5.74, 6) is 0.391. The summed E-state index contributed by atoms with van der Waals surface area (Å²) in [5, 5.41) is 0. The topological polar surface area (TPSA) is 41.1 Å². The van der Waals surface area contributed by atoms with E-state index in [-0.39, 0.29) is 5.91 Å². The molecule has 2 unspecified atom stereocenters. The van der Waals surface area contributed by atoms with Crippen molar-refractivity contribution in [2.75, 3.05) is 0 Å². The Balaban J connectivity index is 2.63. The highest BCUT2D eigenvalue weighted by Crippen LogP contribution is 2.10. The first-order valence-corrected chi connectivity index (χ1v) is 3.97. The maximum Gasteiger partial charge on any atom is 0.257 e. The maximum absolute atomic E-state index is 10.8. The maximum atomic E-state index is 10.8. The van der Waals surface area contributed by atoms with Gasteiger partial charge < -0.3 is 0 Å². The summed E-state index contributed by atoms with van der Waals surface area (Å²) in [6.07, 6.45) is 4.60.